The standard InChI is InChI=1S/C19H24B2/c1-11-12(2)16(18(21)17(20)13(11)3)14-9-7-8-10-15(14)19(4,5)6/h9-10H,7-8H2,1-6H3. The lowest BCUT2D eigenvalue weighted by atomic mass is 9.67. The average molecular weight is 274 g/mol. The first kappa shape index (κ1) is 16.2. The largest absolute Gasteiger partial charge is 0.113 e. The van der Waals surface area contributed by atoms with E-state index in [4.69, 9.17) is 15.7 Å². The lowest BCUT2D eigenvalue weighted by Crippen LogP contribution is -2.34. The van der Waals surface area contributed by atoms with Crippen LogP contribution in [0.15, 0.2) is 17.7 Å². The molecule has 1 aliphatic rings. The second kappa shape index (κ2) is 5.55. The van der Waals surface area contributed by atoms with E-state index in [0.29, 0.717) is 0 Å². The highest BCUT2D eigenvalue weighted by molar-refractivity contribution is 6.51. The molecule has 0 unspecified atom stereocenters. The van der Waals surface area contributed by atoms with E-state index in [9.17, 15) is 0 Å². The summed E-state index contributed by atoms with van der Waals surface area (Å²) in [7, 11) is 12.6. The Morgan fingerprint density at radius 1 is 0.810 bits per heavy atom. The lowest BCUT2D eigenvalue weighted by molar-refractivity contribution is 0.516. The molecule has 1 aromatic carbocycles. The van der Waals surface area contributed by atoms with Gasteiger partial charge in [0, 0.05) is 0 Å². The van der Waals surface area contributed by atoms with Crippen LogP contribution in [-0.4, -0.2) is 15.7 Å². The van der Waals surface area contributed by atoms with Crippen LogP contribution in [-0.2, 0) is 0 Å². The van der Waals surface area contributed by atoms with Gasteiger partial charge in [-0.25, -0.2) is 0 Å². The molecule has 0 heterocycles. The van der Waals surface area contributed by atoms with E-state index < -0.39 is 0 Å². The second-order valence-electron chi connectivity index (χ2n) is 7.14. The van der Waals surface area contributed by atoms with Crippen molar-refractivity contribution in [3.63, 3.8) is 0 Å². The zero-order valence-electron chi connectivity index (χ0n) is 14.2. The van der Waals surface area contributed by atoms with E-state index >= 15 is 0 Å². The molecule has 4 radical (unpaired) electrons. The molecule has 0 fully saturated rings. The average Bonchev–Trinajstić information content (AvgIpc) is 2.43. The van der Waals surface area contributed by atoms with Crippen LogP contribution in [0.1, 0.15) is 55.9 Å². The maximum absolute atomic E-state index is 6.40. The Bertz CT molecular complexity index is 612. The number of benzene rings is 1. The summed E-state index contributed by atoms with van der Waals surface area (Å²) < 4.78 is 0. The summed E-state index contributed by atoms with van der Waals surface area (Å²) in [6.45, 7) is 13.1. The van der Waals surface area contributed by atoms with E-state index in [-0.39, 0.29) is 5.41 Å². The van der Waals surface area contributed by atoms with Crippen LogP contribution in [0.4, 0.5) is 0 Å². The topological polar surface area (TPSA) is 0 Å². The van der Waals surface area contributed by atoms with Gasteiger partial charge in [0.2, 0.25) is 0 Å². The molecule has 0 spiro atoms. The van der Waals surface area contributed by atoms with Gasteiger partial charge in [0.15, 0.2) is 0 Å². The molecule has 0 bridgehead atoms. The van der Waals surface area contributed by atoms with Gasteiger partial charge < -0.3 is 0 Å². The van der Waals surface area contributed by atoms with Crippen molar-refractivity contribution in [3.8, 4) is 0 Å². The number of allylic oxidation sites excluding steroid dienone is 4. The lowest BCUT2D eigenvalue weighted by Gasteiger charge is -2.31. The van der Waals surface area contributed by atoms with Gasteiger partial charge in [0.25, 0.3) is 0 Å². The Morgan fingerprint density at radius 2 is 1.38 bits per heavy atom. The van der Waals surface area contributed by atoms with Crippen molar-refractivity contribution >= 4 is 32.2 Å². The van der Waals surface area contributed by atoms with Crippen LogP contribution in [0.25, 0.3) is 5.57 Å². The summed E-state index contributed by atoms with van der Waals surface area (Å²) >= 11 is 0. The molecule has 2 heteroatoms. The minimum absolute atomic E-state index is 0.110. The quantitative estimate of drug-likeness (QED) is 0.689. The second-order valence-corrected chi connectivity index (χ2v) is 7.14. The van der Waals surface area contributed by atoms with Crippen LogP contribution in [0.2, 0.25) is 0 Å². The fraction of sp³-hybridized carbons (Fsp3) is 0.474. The number of rotatable bonds is 1. The van der Waals surface area contributed by atoms with Crippen molar-refractivity contribution in [3.05, 3.63) is 40.0 Å². The van der Waals surface area contributed by atoms with Gasteiger partial charge in [-0.15, -0.1) is 0 Å². The first-order chi connectivity index (χ1) is 9.66. The van der Waals surface area contributed by atoms with Crippen molar-refractivity contribution in [2.24, 2.45) is 5.41 Å². The maximum atomic E-state index is 6.40. The summed E-state index contributed by atoms with van der Waals surface area (Å²) in [5.74, 6) is 0. The molecule has 0 saturated heterocycles. The highest BCUT2D eigenvalue weighted by Gasteiger charge is 2.25. The molecule has 1 aromatic rings. The first-order valence-electron chi connectivity index (χ1n) is 7.72. The van der Waals surface area contributed by atoms with Gasteiger partial charge in [-0.3, -0.25) is 0 Å². The summed E-state index contributed by atoms with van der Waals surface area (Å²) in [5.41, 5.74) is 8.97. The molecule has 0 amide bonds. The molecule has 106 valence electrons. The fourth-order valence-electron chi connectivity index (χ4n) is 3.18. The van der Waals surface area contributed by atoms with Crippen molar-refractivity contribution in [2.75, 3.05) is 0 Å². The summed E-state index contributed by atoms with van der Waals surface area (Å²) in [6, 6.07) is 0. The Balaban J connectivity index is 2.73. The molecule has 2 rings (SSSR count). The van der Waals surface area contributed by atoms with Crippen LogP contribution in [0.5, 0.6) is 0 Å². The van der Waals surface area contributed by atoms with E-state index in [0.717, 1.165) is 34.9 Å². The van der Waals surface area contributed by atoms with Gasteiger partial charge in [-0.05, 0) is 66.9 Å². The van der Waals surface area contributed by atoms with Crippen molar-refractivity contribution in [1.29, 1.82) is 0 Å². The third-order valence-electron chi connectivity index (χ3n) is 4.69. The van der Waals surface area contributed by atoms with Gasteiger partial charge in [-0.1, -0.05) is 49.4 Å². The van der Waals surface area contributed by atoms with E-state index in [1.807, 2.05) is 6.92 Å². The third kappa shape index (κ3) is 2.78. The van der Waals surface area contributed by atoms with Crippen molar-refractivity contribution in [1.82, 2.24) is 0 Å². The van der Waals surface area contributed by atoms with Crippen molar-refractivity contribution in [2.45, 2.75) is 54.4 Å². The van der Waals surface area contributed by atoms with Crippen LogP contribution in [0.3, 0.4) is 0 Å². The first-order valence-corrected chi connectivity index (χ1v) is 7.72. The highest BCUT2D eigenvalue weighted by Crippen LogP contribution is 2.40. The smallest absolute Gasteiger partial charge is 0.0998 e. The van der Waals surface area contributed by atoms with Crippen molar-refractivity contribution < 1.29 is 0 Å². The predicted molar refractivity (Wildman–Crippen MR) is 96.2 cm³/mol. The minimum Gasteiger partial charge on any atom is -0.0998 e. The monoisotopic (exact) mass is 274 g/mol. The summed E-state index contributed by atoms with van der Waals surface area (Å²) in [5, 5.41) is 0. The Labute approximate surface area is 132 Å². The van der Waals surface area contributed by atoms with E-state index in [1.54, 1.807) is 0 Å². The number of hydrogen-bond acceptors (Lipinski definition) is 0. The van der Waals surface area contributed by atoms with Crippen LogP contribution in [0, 0.1) is 26.2 Å². The predicted octanol–water partition coefficient (Wildman–Crippen LogP) is 3.35. The molecule has 0 N–H and O–H groups in total. The summed E-state index contributed by atoms with van der Waals surface area (Å²) in [4.78, 5) is 0. The molecule has 0 atom stereocenters. The van der Waals surface area contributed by atoms with Gasteiger partial charge >= 0.3 is 0 Å². The highest BCUT2D eigenvalue weighted by atomic mass is 14.3. The molecule has 21 heavy (non-hydrogen) atoms. The zero-order chi connectivity index (χ0) is 15.9. The SMILES string of the molecule is [B]c1c([B])c(C2=CCCC=C2C(C)(C)C)c(C)c(C)c1C. The molecule has 1 aliphatic carbocycles. The van der Waals surface area contributed by atoms with Gasteiger partial charge in [0.05, 0.1) is 0 Å². The van der Waals surface area contributed by atoms with E-state index in [1.165, 1.54) is 22.3 Å². The van der Waals surface area contributed by atoms with Crippen LogP contribution >= 0.6 is 0 Å². The third-order valence-corrected chi connectivity index (χ3v) is 4.69. The Hall–Kier alpha value is -1.17. The molecular formula is C19H24B2. The van der Waals surface area contributed by atoms with Gasteiger partial charge in [-0.2, -0.15) is 0 Å². The minimum atomic E-state index is 0.110. The van der Waals surface area contributed by atoms with Crippen LogP contribution < -0.4 is 10.9 Å². The summed E-state index contributed by atoms with van der Waals surface area (Å²) in [6.07, 6.45) is 6.86. The molecular weight excluding hydrogens is 250 g/mol. The molecule has 0 nitrogen and oxygen atoms in total. The number of hydrogen-bond donors (Lipinski definition) is 0. The van der Waals surface area contributed by atoms with Gasteiger partial charge in [0.1, 0.15) is 15.7 Å². The molecule has 0 aromatic heterocycles. The molecule has 0 aliphatic heterocycles. The maximum Gasteiger partial charge on any atom is 0.113 e. The normalized spacial score (nSPS) is 15.7. The Morgan fingerprint density at radius 3 is 1.95 bits per heavy atom. The van der Waals surface area contributed by atoms with E-state index in [2.05, 4.69) is 46.8 Å². The molecule has 0 saturated carbocycles. The Kier molecular flexibility index (Phi) is 4.29. The zero-order valence-corrected chi connectivity index (χ0v) is 14.2. The fourth-order valence-corrected chi connectivity index (χ4v) is 3.18.